The van der Waals surface area contributed by atoms with Crippen molar-refractivity contribution in [1.82, 2.24) is 0 Å². The summed E-state index contributed by atoms with van der Waals surface area (Å²) >= 11 is 5.97. The summed E-state index contributed by atoms with van der Waals surface area (Å²) in [5, 5.41) is 8.27. The van der Waals surface area contributed by atoms with E-state index in [-0.39, 0.29) is 6.42 Å². The van der Waals surface area contributed by atoms with Crippen molar-refractivity contribution < 1.29 is 14.6 Å². The first-order valence-corrected chi connectivity index (χ1v) is 6.75. The average Bonchev–Trinajstić information content (AvgIpc) is 2.41. The van der Waals surface area contributed by atoms with Crippen molar-refractivity contribution >= 4 is 17.6 Å². The van der Waals surface area contributed by atoms with Gasteiger partial charge in [0.2, 0.25) is 0 Å². The Labute approximate surface area is 122 Å². The summed E-state index contributed by atoms with van der Waals surface area (Å²) < 4.78 is 5.68. The van der Waals surface area contributed by atoms with Gasteiger partial charge in [-0.1, -0.05) is 30.3 Å². The molecule has 0 aliphatic rings. The van der Waals surface area contributed by atoms with Gasteiger partial charge in [-0.25, -0.2) is 0 Å². The van der Waals surface area contributed by atoms with E-state index >= 15 is 0 Å². The highest BCUT2D eigenvalue weighted by atomic mass is 35.5. The molecule has 0 spiro atoms. The van der Waals surface area contributed by atoms with E-state index in [0.29, 0.717) is 6.42 Å². The number of hydrogen-bond acceptors (Lipinski definition) is 2. The van der Waals surface area contributed by atoms with Gasteiger partial charge >= 0.3 is 5.97 Å². The second-order valence-corrected chi connectivity index (χ2v) is 5.08. The standard InChI is InChI=1S/C16H15ClO3/c17-13(11-16(18)19)10-12-6-8-15(9-7-12)20-14-4-2-1-3-5-14/h1-9,13H,10-11H2,(H,18,19). The van der Waals surface area contributed by atoms with Gasteiger partial charge in [0, 0.05) is 5.38 Å². The van der Waals surface area contributed by atoms with Gasteiger partial charge in [0.05, 0.1) is 6.42 Å². The van der Waals surface area contributed by atoms with Gasteiger partial charge in [0.15, 0.2) is 0 Å². The van der Waals surface area contributed by atoms with Crippen LogP contribution in [-0.2, 0) is 11.2 Å². The number of para-hydroxylation sites is 1. The van der Waals surface area contributed by atoms with Crippen molar-refractivity contribution in [2.75, 3.05) is 0 Å². The number of alkyl halides is 1. The molecule has 0 fully saturated rings. The van der Waals surface area contributed by atoms with Gasteiger partial charge in [-0.2, -0.15) is 0 Å². The van der Waals surface area contributed by atoms with Crippen LogP contribution in [-0.4, -0.2) is 16.5 Å². The minimum atomic E-state index is -0.881. The quantitative estimate of drug-likeness (QED) is 0.815. The van der Waals surface area contributed by atoms with Gasteiger partial charge in [-0.3, -0.25) is 4.79 Å². The molecule has 2 aromatic carbocycles. The molecule has 0 aliphatic heterocycles. The van der Waals surface area contributed by atoms with Crippen LogP contribution in [0, 0.1) is 0 Å². The summed E-state index contributed by atoms with van der Waals surface area (Å²) in [4.78, 5) is 10.6. The van der Waals surface area contributed by atoms with Crippen LogP contribution >= 0.6 is 11.6 Å². The minimum absolute atomic E-state index is 0.0379. The predicted molar refractivity (Wildman–Crippen MR) is 78.6 cm³/mol. The van der Waals surface area contributed by atoms with Crippen LogP contribution in [0.4, 0.5) is 0 Å². The first-order chi connectivity index (χ1) is 9.63. The van der Waals surface area contributed by atoms with Crippen molar-refractivity contribution in [2.24, 2.45) is 0 Å². The Morgan fingerprint density at radius 2 is 1.65 bits per heavy atom. The smallest absolute Gasteiger partial charge is 0.304 e. The number of benzene rings is 2. The normalized spacial score (nSPS) is 11.8. The second-order valence-electron chi connectivity index (χ2n) is 4.46. The molecule has 1 N–H and O–H groups in total. The van der Waals surface area contributed by atoms with Gasteiger partial charge < -0.3 is 9.84 Å². The third-order valence-corrected chi connectivity index (χ3v) is 3.06. The molecule has 2 aromatic rings. The largest absolute Gasteiger partial charge is 0.481 e. The van der Waals surface area contributed by atoms with Crippen LogP contribution in [0.5, 0.6) is 11.5 Å². The minimum Gasteiger partial charge on any atom is -0.481 e. The highest BCUT2D eigenvalue weighted by molar-refractivity contribution is 6.21. The van der Waals surface area contributed by atoms with E-state index in [9.17, 15) is 4.79 Å². The van der Waals surface area contributed by atoms with Crippen LogP contribution in [0.2, 0.25) is 0 Å². The molecular weight excluding hydrogens is 276 g/mol. The highest BCUT2D eigenvalue weighted by Crippen LogP contribution is 2.22. The van der Waals surface area contributed by atoms with E-state index in [1.165, 1.54) is 0 Å². The summed E-state index contributed by atoms with van der Waals surface area (Å²) in [6, 6.07) is 17.0. The lowest BCUT2D eigenvalue weighted by Crippen LogP contribution is -2.09. The highest BCUT2D eigenvalue weighted by Gasteiger charge is 2.10. The Kier molecular flexibility index (Phi) is 5.02. The number of carboxylic acids is 1. The lowest BCUT2D eigenvalue weighted by molar-refractivity contribution is -0.137. The fourth-order valence-electron chi connectivity index (χ4n) is 1.84. The molecule has 0 radical (unpaired) electrons. The van der Waals surface area contributed by atoms with Crippen molar-refractivity contribution in [3.8, 4) is 11.5 Å². The maximum absolute atomic E-state index is 10.6. The third-order valence-electron chi connectivity index (χ3n) is 2.76. The van der Waals surface area contributed by atoms with Gasteiger partial charge in [0.1, 0.15) is 11.5 Å². The number of carbonyl (C=O) groups is 1. The SMILES string of the molecule is O=C(O)CC(Cl)Cc1ccc(Oc2ccccc2)cc1. The third kappa shape index (κ3) is 4.59. The topological polar surface area (TPSA) is 46.5 Å². The van der Waals surface area contributed by atoms with Crippen LogP contribution in [0.1, 0.15) is 12.0 Å². The van der Waals surface area contributed by atoms with Crippen molar-refractivity contribution in [2.45, 2.75) is 18.2 Å². The molecule has 0 saturated carbocycles. The molecule has 0 aromatic heterocycles. The molecule has 1 unspecified atom stereocenters. The Hall–Kier alpha value is -2.00. The van der Waals surface area contributed by atoms with Crippen molar-refractivity contribution in [3.05, 3.63) is 60.2 Å². The number of rotatable bonds is 6. The molecule has 1 atom stereocenters. The zero-order chi connectivity index (χ0) is 14.4. The molecule has 4 heteroatoms. The zero-order valence-corrected chi connectivity index (χ0v) is 11.6. The summed E-state index contributed by atoms with van der Waals surface area (Å²) in [5.41, 5.74) is 0.992. The Morgan fingerprint density at radius 1 is 1.05 bits per heavy atom. The second kappa shape index (κ2) is 6.96. The summed E-state index contributed by atoms with van der Waals surface area (Å²) in [5.74, 6) is 0.639. The summed E-state index contributed by atoms with van der Waals surface area (Å²) in [6.07, 6.45) is 0.489. The number of hydrogen-bond donors (Lipinski definition) is 1. The van der Waals surface area contributed by atoms with Crippen LogP contribution in [0.25, 0.3) is 0 Å². The van der Waals surface area contributed by atoms with E-state index in [1.54, 1.807) is 0 Å². The van der Waals surface area contributed by atoms with Crippen molar-refractivity contribution in [3.63, 3.8) is 0 Å². The summed E-state index contributed by atoms with van der Waals surface area (Å²) in [7, 11) is 0. The molecular formula is C16H15ClO3. The number of halogens is 1. The van der Waals surface area contributed by atoms with E-state index in [0.717, 1.165) is 17.1 Å². The molecule has 0 aliphatic carbocycles. The zero-order valence-electron chi connectivity index (χ0n) is 10.8. The maximum Gasteiger partial charge on any atom is 0.304 e. The van der Waals surface area contributed by atoms with Gasteiger partial charge in [-0.15, -0.1) is 11.6 Å². The van der Waals surface area contributed by atoms with E-state index < -0.39 is 11.3 Å². The first-order valence-electron chi connectivity index (χ1n) is 6.31. The number of ether oxygens (including phenoxy) is 1. The lowest BCUT2D eigenvalue weighted by Gasteiger charge is -2.09. The van der Waals surface area contributed by atoms with Crippen LogP contribution < -0.4 is 4.74 Å². The average molecular weight is 291 g/mol. The fourth-order valence-corrected chi connectivity index (χ4v) is 2.15. The maximum atomic E-state index is 10.6. The molecule has 2 rings (SSSR count). The summed E-state index contributed by atoms with van der Waals surface area (Å²) in [6.45, 7) is 0. The molecule has 3 nitrogen and oxygen atoms in total. The Balaban J connectivity index is 1.94. The Morgan fingerprint density at radius 3 is 2.25 bits per heavy atom. The molecule has 0 amide bonds. The molecule has 104 valence electrons. The lowest BCUT2D eigenvalue weighted by atomic mass is 10.1. The number of aliphatic carboxylic acids is 1. The molecule has 0 heterocycles. The fraction of sp³-hybridized carbons (Fsp3) is 0.188. The van der Waals surface area contributed by atoms with E-state index in [4.69, 9.17) is 21.4 Å². The molecule has 20 heavy (non-hydrogen) atoms. The molecule has 0 bridgehead atoms. The molecule has 0 saturated heterocycles. The first kappa shape index (κ1) is 14.4. The van der Waals surface area contributed by atoms with Crippen LogP contribution in [0.3, 0.4) is 0 Å². The van der Waals surface area contributed by atoms with E-state index in [2.05, 4.69) is 0 Å². The monoisotopic (exact) mass is 290 g/mol. The van der Waals surface area contributed by atoms with Gasteiger partial charge in [0.25, 0.3) is 0 Å². The van der Waals surface area contributed by atoms with Crippen LogP contribution in [0.15, 0.2) is 54.6 Å². The van der Waals surface area contributed by atoms with Crippen molar-refractivity contribution in [1.29, 1.82) is 0 Å². The Bertz CT molecular complexity index is 552. The predicted octanol–water partition coefficient (Wildman–Crippen LogP) is 4.10. The van der Waals surface area contributed by atoms with Gasteiger partial charge in [-0.05, 0) is 36.2 Å². The number of carboxylic acid groups (broad SMARTS) is 1. The van der Waals surface area contributed by atoms with E-state index in [1.807, 2.05) is 54.6 Å².